The summed E-state index contributed by atoms with van der Waals surface area (Å²) in [4.78, 5) is 15.8. The molecule has 98 valence electrons. The van der Waals surface area contributed by atoms with E-state index < -0.39 is 0 Å². The van der Waals surface area contributed by atoms with Crippen LogP contribution in [0.25, 0.3) is 0 Å². The van der Waals surface area contributed by atoms with Gasteiger partial charge in [-0.25, -0.2) is 4.98 Å². The van der Waals surface area contributed by atoms with Crippen molar-refractivity contribution < 1.29 is 4.79 Å². The summed E-state index contributed by atoms with van der Waals surface area (Å²) in [7, 11) is 0. The van der Waals surface area contributed by atoms with Crippen molar-refractivity contribution in [3.8, 4) is 0 Å². The van der Waals surface area contributed by atoms with Gasteiger partial charge in [-0.3, -0.25) is 10.1 Å². The summed E-state index contributed by atoms with van der Waals surface area (Å²) in [6, 6.07) is 0. The third-order valence-electron chi connectivity index (χ3n) is 2.33. The Morgan fingerprint density at radius 3 is 2.61 bits per heavy atom. The summed E-state index contributed by atoms with van der Waals surface area (Å²) in [6.07, 6.45) is 3.26. The van der Waals surface area contributed by atoms with E-state index in [9.17, 15) is 4.79 Å². The first-order chi connectivity index (χ1) is 8.71. The molecule has 0 aromatic carbocycles. The standard InChI is InChI=1S/C12H19N5O/c1-4-7-13-8-11(18)15-12-14-9(5-2)10(6-3)16-17-12/h4,13H,1,5-8H2,2-3H3,(H,14,15,17,18). The number of carbonyl (C=O) groups is 1. The highest BCUT2D eigenvalue weighted by atomic mass is 16.2. The molecule has 1 amide bonds. The number of amides is 1. The minimum absolute atomic E-state index is 0.190. The molecular formula is C12H19N5O. The van der Waals surface area contributed by atoms with Crippen molar-refractivity contribution in [2.24, 2.45) is 0 Å². The van der Waals surface area contributed by atoms with Crippen LogP contribution in [0.15, 0.2) is 12.7 Å². The number of anilines is 1. The maximum Gasteiger partial charge on any atom is 0.249 e. The van der Waals surface area contributed by atoms with Gasteiger partial charge in [0.05, 0.1) is 17.9 Å². The Labute approximate surface area is 107 Å². The third kappa shape index (κ3) is 4.21. The van der Waals surface area contributed by atoms with Crippen molar-refractivity contribution in [3.63, 3.8) is 0 Å². The van der Waals surface area contributed by atoms with E-state index in [1.165, 1.54) is 0 Å². The van der Waals surface area contributed by atoms with Crippen LogP contribution in [0.1, 0.15) is 25.2 Å². The molecular weight excluding hydrogens is 230 g/mol. The maximum atomic E-state index is 11.5. The zero-order chi connectivity index (χ0) is 13.4. The average Bonchev–Trinajstić information content (AvgIpc) is 2.39. The summed E-state index contributed by atoms with van der Waals surface area (Å²) in [5.74, 6) is 0.0689. The molecule has 6 nitrogen and oxygen atoms in total. The molecule has 0 atom stereocenters. The predicted octanol–water partition coefficient (Wildman–Crippen LogP) is 0.710. The predicted molar refractivity (Wildman–Crippen MR) is 70.3 cm³/mol. The first-order valence-corrected chi connectivity index (χ1v) is 6.05. The molecule has 0 unspecified atom stereocenters. The fourth-order valence-electron chi connectivity index (χ4n) is 1.45. The molecule has 0 saturated heterocycles. The van der Waals surface area contributed by atoms with Gasteiger partial charge in [-0.1, -0.05) is 19.9 Å². The molecule has 0 bridgehead atoms. The van der Waals surface area contributed by atoms with E-state index in [0.717, 1.165) is 24.2 Å². The highest BCUT2D eigenvalue weighted by Crippen LogP contribution is 2.06. The van der Waals surface area contributed by atoms with Gasteiger partial charge in [0.15, 0.2) is 0 Å². The Morgan fingerprint density at radius 1 is 1.28 bits per heavy atom. The summed E-state index contributed by atoms with van der Waals surface area (Å²) in [5.41, 5.74) is 1.75. The van der Waals surface area contributed by atoms with Crippen molar-refractivity contribution >= 4 is 11.9 Å². The number of nitrogens with zero attached hydrogens (tertiary/aromatic N) is 3. The molecule has 0 aliphatic carbocycles. The molecule has 1 heterocycles. The van der Waals surface area contributed by atoms with Crippen LogP contribution >= 0.6 is 0 Å². The van der Waals surface area contributed by atoms with Crippen molar-refractivity contribution in [1.82, 2.24) is 20.5 Å². The number of hydrogen-bond acceptors (Lipinski definition) is 5. The zero-order valence-corrected chi connectivity index (χ0v) is 10.9. The minimum atomic E-state index is -0.190. The maximum absolute atomic E-state index is 11.5. The van der Waals surface area contributed by atoms with Gasteiger partial charge in [-0.05, 0) is 12.8 Å². The van der Waals surface area contributed by atoms with Gasteiger partial charge in [0.2, 0.25) is 11.9 Å². The first kappa shape index (κ1) is 14.2. The van der Waals surface area contributed by atoms with Crippen LogP contribution in [0.2, 0.25) is 0 Å². The van der Waals surface area contributed by atoms with Crippen LogP contribution in [0, 0.1) is 0 Å². The average molecular weight is 249 g/mol. The molecule has 0 fully saturated rings. The van der Waals surface area contributed by atoms with Crippen molar-refractivity contribution in [2.45, 2.75) is 26.7 Å². The number of hydrogen-bond donors (Lipinski definition) is 2. The summed E-state index contributed by atoms with van der Waals surface area (Å²) < 4.78 is 0. The Kier molecular flexibility index (Phi) is 5.93. The monoisotopic (exact) mass is 249 g/mol. The second-order valence-corrected chi connectivity index (χ2v) is 3.70. The molecule has 6 heteroatoms. The topological polar surface area (TPSA) is 79.8 Å². The minimum Gasteiger partial charge on any atom is -0.305 e. The molecule has 0 spiro atoms. The van der Waals surface area contributed by atoms with E-state index in [4.69, 9.17) is 0 Å². The van der Waals surface area contributed by atoms with E-state index in [0.29, 0.717) is 6.54 Å². The quantitative estimate of drug-likeness (QED) is 0.549. The third-order valence-corrected chi connectivity index (χ3v) is 2.33. The number of nitrogens with one attached hydrogen (secondary N) is 2. The summed E-state index contributed by atoms with van der Waals surface area (Å²) in [6.45, 7) is 8.34. The van der Waals surface area contributed by atoms with Crippen molar-refractivity contribution in [1.29, 1.82) is 0 Å². The molecule has 0 saturated carbocycles. The lowest BCUT2D eigenvalue weighted by molar-refractivity contribution is -0.115. The second-order valence-electron chi connectivity index (χ2n) is 3.70. The SMILES string of the molecule is C=CCNCC(=O)Nc1nnc(CC)c(CC)n1. The van der Waals surface area contributed by atoms with E-state index in [1.807, 2.05) is 13.8 Å². The highest BCUT2D eigenvalue weighted by molar-refractivity contribution is 5.90. The molecule has 0 aliphatic heterocycles. The van der Waals surface area contributed by atoms with Gasteiger partial charge in [0.1, 0.15) is 0 Å². The van der Waals surface area contributed by atoms with Gasteiger partial charge in [-0.2, -0.15) is 0 Å². The van der Waals surface area contributed by atoms with Crippen LogP contribution in [-0.2, 0) is 17.6 Å². The lowest BCUT2D eigenvalue weighted by Crippen LogP contribution is -2.29. The largest absolute Gasteiger partial charge is 0.305 e. The van der Waals surface area contributed by atoms with Gasteiger partial charge >= 0.3 is 0 Å². The lowest BCUT2D eigenvalue weighted by Gasteiger charge is -2.07. The van der Waals surface area contributed by atoms with Crippen molar-refractivity contribution in [3.05, 3.63) is 24.0 Å². The number of aromatic nitrogens is 3. The molecule has 0 aliphatic rings. The van der Waals surface area contributed by atoms with Crippen LogP contribution in [0.4, 0.5) is 5.95 Å². The van der Waals surface area contributed by atoms with Crippen LogP contribution < -0.4 is 10.6 Å². The zero-order valence-electron chi connectivity index (χ0n) is 10.9. The normalized spacial score (nSPS) is 10.1. The smallest absolute Gasteiger partial charge is 0.249 e. The van der Waals surface area contributed by atoms with Crippen LogP contribution in [0.3, 0.4) is 0 Å². The van der Waals surface area contributed by atoms with E-state index in [1.54, 1.807) is 6.08 Å². The summed E-state index contributed by atoms with van der Waals surface area (Å²) >= 11 is 0. The molecule has 1 aromatic rings. The van der Waals surface area contributed by atoms with E-state index in [-0.39, 0.29) is 18.4 Å². The fraction of sp³-hybridized carbons (Fsp3) is 0.500. The number of rotatable bonds is 7. The van der Waals surface area contributed by atoms with Crippen LogP contribution in [0.5, 0.6) is 0 Å². The lowest BCUT2D eigenvalue weighted by atomic mass is 10.2. The Hall–Kier alpha value is -1.82. The fourth-order valence-corrected chi connectivity index (χ4v) is 1.45. The first-order valence-electron chi connectivity index (χ1n) is 6.05. The Morgan fingerprint density at radius 2 is 2.00 bits per heavy atom. The molecule has 18 heavy (non-hydrogen) atoms. The second kappa shape index (κ2) is 7.50. The highest BCUT2D eigenvalue weighted by Gasteiger charge is 2.08. The van der Waals surface area contributed by atoms with Crippen LogP contribution in [-0.4, -0.2) is 34.2 Å². The summed E-state index contributed by atoms with van der Waals surface area (Å²) in [5, 5.41) is 13.4. The number of aryl methyl sites for hydroxylation is 2. The van der Waals surface area contributed by atoms with Gasteiger partial charge in [0.25, 0.3) is 0 Å². The number of carbonyl (C=O) groups excluding carboxylic acids is 1. The Bertz CT molecular complexity index is 419. The van der Waals surface area contributed by atoms with E-state index in [2.05, 4.69) is 32.4 Å². The van der Waals surface area contributed by atoms with Gasteiger partial charge < -0.3 is 5.32 Å². The van der Waals surface area contributed by atoms with E-state index >= 15 is 0 Å². The molecule has 0 radical (unpaired) electrons. The van der Waals surface area contributed by atoms with Gasteiger partial charge in [-0.15, -0.1) is 16.8 Å². The van der Waals surface area contributed by atoms with Gasteiger partial charge in [0, 0.05) is 6.54 Å². The molecule has 1 rings (SSSR count). The van der Waals surface area contributed by atoms with Crippen molar-refractivity contribution in [2.75, 3.05) is 18.4 Å². The molecule has 2 N–H and O–H groups in total. The Balaban J connectivity index is 2.61. The molecule has 1 aromatic heterocycles.